The van der Waals surface area contributed by atoms with Crippen molar-refractivity contribution in [1.82, 2.24) is 20.2 Å². The van der Waals surface area contributed by atoms with Gasteiger partial charge in [-0.05, 0) is 51.3 Å². The second kappa shape index (κ2) is 11.0. The summed E-state index contributed by atoms with van der Waals surface area (Å²) >= 11 is 0. The van der Waals surface area contributed by atoms with Gasteiger partial charge in [0, 0.05) is 49.4 Å². The van der Waals surface area contributed by atoms with E-state index in [1.165, 1.54) is 34.9 Å². The second-order valence-corrected chi connectivity index (χ2v) is 9.46. The van der Waals surface area contributed by atoms with Crippen molar-refractivity contribution in [3.05, 3.63) is 93.6 Å². The van der Waals surface area contributed by atoms with Gasteiger partial charge in [-0.15, -0.1) is 0 Å². The number of amides is 1. The van der Waals surface area contributed by atoms with Crippen molar-refractivity contribution in [2.24, 2.45) is 0 Å². The third-order valence-electron chi connectivity index (χ3n) is 6.57. The van der Waals surface area contributed by atoms with E-state index in [0.29, 0.717) is 19.6 Å². The Balaban J connectivity index is 1.37. The summed E-state index contributed by atoms with van der Waals surface area (Å²) in [5.74, 6) is -0.664. The topological polar surface area (TPSA) is 58.1 Å². The lowest BCUT2D eigenvalue weighted by Gasteiger charge is -2.32. The predicted octanol–water partition coefficient (Wildman–Crippen LogP) is 4.92. The minimum Gasteiger partial charge on any atom is -0.342 e. The number of hydrogen-bond acceptors (Lipinski definition) is 4. The summed E-state index contributed by atoms with van der Waals surface area (Å²) in [7, 11) is 0. The van der Waals surface area contributed by atoms with Crippen molar-refractivity contribution in [2.75, 3.05) is 13.1 Å². The van der Waals surface area contributed by atoms with Crippen molar-refractivity contribution >= 4 is 5.91 Å². The average Bonchev–Trinajstić information content (AvgIpc) is 2.82. The number of aromatic nitrogens is 2. The van der Waals surface area contributed by atoms with Gasteiger partial charge < -0.3 is 10.2 Å². The molecule has 0 saturated carbocycles. The largest absolute Gasteiger partial charge is 0.342 e. The van der Waals surface area contributed by atoms with Crippen LogP contribution in [0.4, 0.5) is 8.78 Å². The van der Waals surface area contributed by atoms with Crippen LogP contribution < -0.4 is 5.32 Å². The standard InChI is InChI=1S/C28H32F2N4O/c1-18-11-19(2)13-21(12-18)15-31-16-23-17-32-20(3)33-28(23)22-7-9-34(10-8-22)27(35)14-24-25(29)5-4-6-26(24)30/h4-6,11-13,17,22,31H,7-10,14-16H2,1-3H3. The Kier molecular flexibility index (Phi) is 7.86. The number of nitrogens with one attached hydrogen (secondary N) is 1. The van der Waals surface area contributed by atoms with Crippen molar-refractivity contribution in [2.45, 2.75) is 59.0 Å². The molecule has 0 radical (unpaired) electrons. The van der Waals surface area contributed by atoms with E-state index in [1.807, 2.05) is 13.1 Å². The molecule has 5 nitrogen and oxygen atoms in total. The van der Waals surface area contributed by atoms with Crippen LogP contribution in [0.2, 0.25) is 0 Å². The molecule has 1 aliphatic heterocycles. The molecular weight excluding hydrogens is 446 g/mol. The molecule has 2 aromatic carbocycles. The maximum atomic E-state index is 14.0. The Labute approximate surface area is 205 Å². The maximum absolute atomic E-state index is 14.0. The lowest BCUT2D eigenvalue weighted by molar-refractivity contribution is -0.131. The van der Waals surface area contributed by atoms with E-state index < -0.39 is 11.6 Å². The Morgan fingerprint density at radius 2 is 1.69 bits per heavy atom. The van der Waals surface area contributed by atoms with Crippen LogP contribution in [0, 0.1) is 32.4 Å². The molecule has 1 fully saturated rings. The molecule has 1 amide bonds. The Hall–Kier alpha value is -3.19. The van der Waals surface area contributed by atoms with Crippen LogP contribution in [0.5, 0.6) is 0 Å². The fraction of sp³-hybridized carbons (Fsp3) is 0.393. The Morgan fingerprint density at radius 3 is 2.34 bits per heavy atom. The Morgan fingerprint density at radius 1 is 1.03 bits per heavy atom. The van der Waals surface area contributed by atoms with E-state index in [1.54, 1.807) is 4.90 Å². The summed E-state index contributed by atoms with van der Waals surface area (Å²) in [6, 6.07) is 10.2. The summed E-state index contributed by atoms with van der Waals surface area (Å²) in [5.41, 5.74) is 5.68. The molecule has 184 valence electrons. The van der Waals surface area contributed by atoms with Gasteiger partial charge in [0.25, 0.3) is 0 Å². The van der Waals surface area contributed by atoms with E-state index in [4.69, 9.17) is 4.98 Å². The van der Waals surface area contributed by atoms with E-state index in [0.717, 1.165) is 36.5 Å². The van der Waals surface area contributed by atoms with E-state index >= 15 is 0 Å². The normalized spacial score (nSPS) is 14.4. The van der Waals surface area contributed by atoms with Crippen molar-refractivity contribution in [1.29, 1.82) is 0 Å². The van der Waals surface area contributed by atoms with Gasteiger partial charge in [-0.2, -0.15) is 0 Å². The smallest absolute Gasteiger partial charge is 0.227 e. The number of nitrogens with zero attached hydrogens (tertiary/aromatic N) is 3. The highest BCUT2D eigenvalue weighted by molar-refractivity contribution is 5.79. The van der Waals surface area contributed by atoms with Gasteiger partial charge >= 0.3 is 0 Å². The van der Waals surface area contributed by atoms with Crippen molar-refractivity contribution in [3.8, 4) is 0 Å². The molecule has 3 aromatic rings. The fourth-order valence-corrected chi connectivity index (χ4v) is 4.88. The van der Waals surface area contributed by atoms with Crippen LogP contribution in [0.3, 0.4) is 0 Å². The van der Waals surface area contributed by atoms with Crippen LogP contribution in [0.1, 0.15) is 58.1 Å². The van der Waals surface area contributed by atoms with E-state index in [9.17, 15) is 13.6 Å². The zero-order valence-corrected chi connectivity index (χ0v) is 20.6. The molecule has 1 saturated heterocycles. The van der Waals surface area contributed by atoms with Crippen molar-refractivity contribution in [3.63, 3.8) is 0 Å². The number of halogens is 2. The van der Waals surface area contributed by atoms with Gasteiger partial charge in [0.2, 0.25) is 5.91 Å². The highest BCUT2D eigenvalue weighted by atomic mass is 19.1. The first-order chi connectivity index (χ1) is 16.8. The zero-order valence-electron chi connectivity index (χ0n) is 20.6. The van der Waals surface area contributed by atoms with Gasteiger partial charge in [0.05, 0.1) is 12.1 Å². The van der Waals surface area contributed by atoms with Crippen LogP contribution >= 0.6 is 0 Å². The summed E-state index contributed by atoms with van der Waals surface area (Å²) in [5, 5.41) is 3.52. The molecule has 0 bridgehead atoms. The highest BCUT2D eigenvalue weighted by Gasteiger charge is 2.27. The summed E-state index contributed by atoms with van der Waals surface area (Å²) in [4.78, 5) is 23.6. The summed E-state index contributed by atoms with van der Waals surface area (Å²) in [6.07, 6.45) is 3.14. The van der Waals surface area contributed by atoms with Crippen LogP contribution in [-0.4, -0.2) is 33.9 Å². The minimum atomic E-state index is -0.678. The molecule has 2 heterocycles. The lowest BCUT2D eigenvalue weighted by Crippen LogP contribution is -2.39. The van der Waals surface area contributed by atoms with Gasteiger partial charge in [-0.25, -0.2) is 18.7 Å². The maximum Gasteiger partial charge on any atom is 0.227 e. The third-order valence-corrected chi connectivity index (χ3v) is 6.57. The monoisotopic (exact) mass is 478 g/mol. The SMILES string of the molecule is Cc1cc(C)cc(CNCc2cnc(C)nc2C2CCN(C(=O)Cc3c(F)cccc3F)CC2)c1. The van der Waals surface area contributed by atoms with Crippen molar-refractivity contribution < 1.29 is 13.6 Å². The van der Waals surface area contributed by atoms with E-state index in [2.05, 4.69) is 42.3 Å². The molecule has 0 atom stereocenters. The molecule has 1 N–H and O–H groups in total. The molecule has 1 aromatic heterocycles. The number of rotatable bonds is 7. The molecule has 7 heteroatoms. The molecule has 0 aliphatic carbocycles. The molecule has 4 rings (SSSR count). The second-order valence-electron chi connectivity index (χ2n) is 9.46. The average molecular weight is 479 g/mol. The lowest BCUT2D eigenvalue weighted by atomic mass is 9.90. The first-order valence-corrected chi connectivity index (χ1v) is 12.1. The molecule has 1 aliphatic rings. The molecular formula is C28H32F2N4O. The number of hydrogen-bond donors (Lipinski definition) is 1. The van der Waals surface area contributed by atoms with Gasteiger partial charge in [0.1, 0.15) is 17.5 Å². The quantitative estimate of drug-likeness (QED) is 0.524. The zero-order chi connectivity index (χ0) is 24.9. The third kappa shape index (κ3) is 6.28. The van der Waals surface area contributed by atoms with Crippen LogP contribution in [-0.2, 0) is 24.3 Å². The van der Waals surface area contributed by atoms with Gasteiger partial charge in [-0.3, -0.25) is 4.79 Å². The fourth-order valence-electron chi connectivity index (χ4n) is 4.88. The number of benzene rings is 2. The number of carbonyl (C=O) groups excluding carboxylic acids is 1. The first-order valence-electron chi connectivity index (χ1n) is 12.1. The highest BCUT2D eigenvalue weighted by Crippen LogP contribution is 2.29. The predicted molar refractivity (Wildman–Crippen MR) is 132 cm³/mol. The first kappa shape index (κ1) is 24.9. The molecule has 0 unspecified atom stereocenters. The van der Waals surface area contributed by atoms with Gasteiger partial charge in [-0.1, -0.05) is 35.4 Å². The molecule has 35 heavy (non-hydrogen) atoms. The summed E-state index contributed by atoms with van der Waals surface area (Å²) in [6.45, 7) is 8.59. The number of likely N-dealkylation sites (tertiary alicyclic amines) is 1. The number of piperidine rings is 1. The number of aryl methyl sites for hydroxylation is 3. The van der Waals surface area contributed by atoms with Gasteiger partial charge in [0.15, 0.2) is 0 Å². The minimum absolute atomic E-state index is 0.164. The Bertz CT molecular complexity index is 1170. The summed E-state index contributed by atoms with van der Waals surface area (Å²) < 4.78 is 27.9. The van der Waals surface area contributed by atoms with Crippen LogP contribution in [0.25, 0.3) is 0 Å². The van der Waals surface area contributed by atoms with Crippen LogP contribution in [0.15, 0.2) is 42.6 Å². The van der Waals surface area contributed by atoms with E-state index in [-0.39, 0.29) is 23.8 Å². The number of carbonyl (C=O) groups is 1. The molecule has 0 spiro atoms.